The molecule has 1 aromatic rings. The van der Waals surface area contributed by atoms with E-state index >= 15 is 0 Å². The Bertz CT molecular complexity index is 438. The van der Waals surface area contributed by atoms with E-state index < -0.39 is 10.1 Å². The number of hydrogen-bond acceptors (Lipinski definition) is 5. The molecule has 1 rings (SSSR count). The summed E-state index contributed by atoms with van der Waals surface area (Å²) in [6, 6.07) is 4.45. The van der Waals surface area contributed by atoms with Crippen LogP contribution < -0.4 is 40.2 Å². The second kappa shape index (κ2) is 7.23. The standard InChI is InChI=1S/C10H16N2O3S.Na/c1-3-11-8-5-9(12-4-2)7-10(6-8)16(13,14)15;/h5-7,11-12H,3-4H2,1-2H3,(H,13,14,15);/q;+1/p-1. The first kappa shape index (κ1) is 16.7. The van der Waals surface area contributed by atoms with Gasteiger partial charge in [0.05, 0.1) is 4.90 Å². The molecule has 0 bridgehead atoms. The van der Waals surface area contributed by atoms with E-state index in [0.717, 1.165) is 0 Å². The molecule has 0 spiro atoms. The van der Waals surface area contributed by atoms with E-state index in [9.17, 15) is 13.0 Å². The molecule has 0 saturated carbocycles. The second-order valence-corrected chi connectivity index (χ2v) is 4.64. The fraction of sp³-hybridized carbons (Fsp3) is 0.400. The molecule has 0 amide bonds. The van der Waals surface area contributed by atoms with Crippen LogP contribution in [-0.4, -0.2) is 26.1 Å². The number of anilines is 2. The zero-order valence-electron chi connectivity index (χ0n) is 10.3. The Morgan fingerprint density at radius 3 is 1.76 bits per heavy atom. The van der Waals surface area contributed by atoms with Crippen molar-refractivity contribution in [2.24, 2.45) is 0 Å². The van der Waals surface area contributed by atoms with Gasteiger partial charge >= 0.3 is 29.6 Å². The SMILES string of the molecule is CCNc1cc(NCC)cc(S(=O)(=O)[O-])c1.[Na+]. The molecule has 0 aliphatic heterocycles. The Balaban J connectivity index is 0.00000256. The van der Waals surface area contributed by atoms with Crippen LogP contribution in [0.5, 0.6) is 0 Å². The Morgan fingerprint density at radius 2 is 1.47 bits per heavy atom. The van der Waals surface area contributed by atoms with Gasteiger partial charge in [-0.15, -0.1) is 0 Å². The van der Waals surface area contributed by atoms with Crippen LogP contribution in [0, 0.1) is 0 Å². The quantitative estimate of drug-likeness (QED) is 0.498. The molecule has 0 atom stereocenters. The Kier molecular flexibility index (Phi) is 7.11. The maximum Gasteiger partial charge on any atom is 1.00 e. The fourth-order valence-electron chi connectivity index (χ4n) is 1.36. The van der Waals surface area contributed by atoms with Crippen molar-refractivity contribution in [1.29, 1.82) is 0 Å². The largest absolute Gasteiger partial charge is 1.00 e. The average molecular weight is 266 g/mol. The van der Waals surface area contributed by atoms with Crippen LogP contribution in [0.1, 0.15) is 13.8 Å². The van der Waals surface area contributed by atoms with Crippen molar-refractivity contribution in [2.45, 2.75) is 18.7 Å². The third-order valence-electron chi connectivity index (χ3n) is 1.96. The topological polar surface area (TPSA) is 81.3 Å². The molecule has 0 heterocycles. The molecule has 0 aliphatic carbocycles. The van der Waals surface area contributed by atoms with Crippen LogP contribution in [0.3, 0.4) is 0 Å². The predicted molar refractivity (Wildman–Crippen MR) is 62.7 cm³/mol. The second-order valence-electron chi connectivity index (χ2n) is 3.26. The molecule has 0 unspecified atom stereocenters. The molecule has 90 valence electrons. The first-order valence-electron chi connectivity index (χ1n) is 5.06. The van der Waals surface area contributed by atoms with Gasteiger partial charge in [-0.3, -0.25) is 0 Å². The number of nitrogens with one attached hydrogen (secondary N) is 2. The van der Waals surface area contributed by atoms with Crippen molar-refractivity contribution in [1.82, 2.24) is 0 Å². The summed E-state index contributed by atoms with van der Waals surface area (Å²) in [6.07, 6.45) is 0. The molecular formula is C10H15N2NaO3S. The zero-order chi connectivity index (χ0) is 12.2. The monoisotopic (exact) mass is 266 g/mol. The van der Waals surface area contributed by atoms with Crippen molar-refractivity contribution in [2.75, 3.05) is 23.7 Å². The van der Waals surface area contributed by atoms with Gasteiger partial charge < -0.3 is 15.2 Å². The van der Waals surface area contributed by atoms with Crippen molar-refractivity contribution >= 4 is 21.5 Å². The van der Waals surface area contributed by atoms with E-state index in [-0.39, 0.29) is 34.5 Å². The molecule has 0 fully saturated rings. The maximum atomic E-state index is 10.9. The van der Waals surface area contributed by atoms with E-state index in [0.29, 0.717) is 24.5 Å². The van der Waals surface area contributed by atoms with Crippen LogP contribution in [0.2, 0.25) is 0 Å². The maximum absolute atomic E-state index is 10.9. The minimum atomic E-state index is -4.41. The summed E-state index contributed by atoms with van der Waals surface area (Å²) in [7, 11) is -4.41. The predicted octanol–water partition coefficient (Wildman–Crippen LogP) is -1.54. The first-order valence-corrected chi connectivity index (χ1v) is 6.47. The van der Waals surface area contributed by atoms with E-state index in [1.54, 1.807) is 6.07 Å². The van der Waals surface area contributed by atoms with Gasteiger partial charge in [0.15, 0.2) is 0 Å². The first-order chi connectivity index (χ1) is 7.47. The molecule has 2 N–H and O–H groups in total. The average Bonchev–Trinajstić information content (AvgIpc) is 2.17. The van der Waals surface area contributed by atoms with Crippen LogP contribution in [-0.2, 0) is 10.1 Å². The minimum Gasteiger partial charge on any atom is -0.744 e. The summed E-state index contributed by atoms with van der Waals surface area (Å²) < 4.78 is 32.8. The van der Waals surface area contributed by atoms with Crippen molar-refractivity contribution < 1.29 is 42.5 Å². The number of hydrogen-bond donors (Lipinski definition) is 2. The smallest absolute Gasteiger partial charge is 0.744 e. The van der Waals surface area contributed by atoms with Crippen LogP contribution >= 0.6 is 0 Å². The van der Waals surface area contributed by atoms with E-state index in [1.807, 2.05) is 13.8 Å². The number of rotatable bonds is 5. The van der Waals surface area contributed by atoms with Crippen LogP contribution in [0.25, 0.3) is 0 Å². The fourth-order valence-corrected chi connectivity index (χ4v) is 1.90. The molecule has 17 heavy (non-hydrogen) atoms. The molecule has 0 saturated heterocycles. The van der Waals surface area contributed by atoms with E-state index in [1.165, 1.54) is 12.1 Å². The van der Waals surface area contributed by atoms with Crippen LogP contribution in [0.4, 0.5) is 11.4 Å². The van der Waals surface area contributed by atoms with Crippen molar-refractivity contribution in [3.05, 3.63) is 18.2 Å². The summed E-state index contributed by atoms with van der Waals surface area (Å²) in [4.78, 5) is -0.220. The molecular weight excluding hydrogens is 251 g/mol. The summed E-state index contributed by atoms with van der Waals surface area (Å²) in [5, 5.41) is 5.95. The van der Waals surface area contributed by atoms with E-state index in [4.69, 9.17) is 0 Å². The Hall–Kier alpha value is -0.270. The van der Waals surface area contributed by atoms with Gasteiger partial charge in [-0.05, 0) is 32.0 Å². The summed E-state index contributed by atoms with van der Waals surface area (Å²) in [5.41, 5.74) is 1.24. The molecule has 0 aromatic heterocycles. The van der Waals surface area contributed by atoms with Gasteiger partial charge in [0.2, 0.25) is 0 Å². The Morgan fingerprint density at radius 1 is 1.06 bits per heavy atom. The molecule has 0 radical (unpaired) electrons. The van der Waals surface area contributed by atoms with Gasteiger partial charge in [0, 0.05) is 24.5 Å². The summed E-state index contributed by atoms with van der Waals surface area (Å²) >= 11 is 0. The molecule has 1 aromatic carbocycles. The zero-order valence-corrected chi connectivity index (χ0v) is 13.1. The van der Waals surface area contributed by atoms with Gasteiger partial charge in [0.25, 0.3) is 0 Å². The minimum absolute atomic E-state index is 0. The Labute approximate surface area is 124 Å². The number of benzene rings is 1. The van der Waals surface area contributed by atoms with Gasteiger partial charge in [-0.2, -0.15) is 0 Å². The summed E-state index contributed by atoms with van der Waals surface area (Å²) in [6.45, 7) is 5.11. The van der Waals surface area contributed by atoms with Gasteiger partial charge in [-0.25, -0.2) is 8.42 Å². The third kappa shape index (κ3) is 5.27. The van der Waals surface area contributed by atoms with Crippen molar-refractivity contribution in [3.63, 3.8) is 0 Å². The molecule has 7 heteroatoms. The normalized spacial score (nSPS) is 10.5. The molecule has 5 nitrogen and oxygen atoms in total. The van der Waals surface area contributed by atoms with Gasteiger partial charge in [-0.1, -0.05) is 0 Å². The molecule has 0 aliphatic rings. The van der Waals surface area contributed by atoms with E-state index in [2.05, 4.69) is 10.6 Å². The van der Waals surface area contributed by atoms with Crippen LogP contribution in [0.15, 0.2) is 23.1 Å². The van der Waals surface area contributed by atoms with Crippen molar-refractivity contribution in [3.8, 4) is 0 Å². The summed E-state index contributed by atoms with van der Waals surface area (Å²) in [5.74, 6) is 0. The third-order valence-corrected chi connectivity index (χ3v) is 2.77. The van der Waals surface area contributed by atoms with Gasteiger partial charge in [0.1, 0.15) is 10.1 Å².